The number of nitriles is 1. The lowest BCUT2D eigenvalue weighted by atomic mass is 10.2. The minimum absolute atomic E-state index is 0.261. The molecule has 29 heavy (non-hydrogen) atoms. The SMILES string of the molecule is C[C@@H](OC(=O)/C=C/c1ccc(OC(F)(F)F)cc1)C(=O)Nc1ccccc1C#N. The van der Waals surface area contributed by atoms with E-state index in [0.717, 1.165) is 18.2 Å². The van der Waals surface area contributed by atoms with Gasteiger partial charge in [-0.1, -0.05) is 24.3 Å². The van der Waals surface area contributed by atoms with Crippen molar-refractivity contribution < 1.29 is 32.2 Å². The first-order valence-corrected chi connectivity index (χ1v) is 8.22. The van der Waals surface area contributed by atoms with Crippen molar-refractivity contribution in [2.24, 2.45) is 0 Å². The number of benzene rings is 2. The predicted molar refractivity (Wildman–Crippen MR) is 97.5 cm³/mol. The van der Waals surface area contributed by atoms with Gasteiger partial charge in [0.05, 0.1) is 11.3 Å². The molecule has 2 aromatic rings. The number of carbonyl (C=O) groups is 2. The maximum absolute atomic E-state index is 12.1. The van der Waals surface area contributed by atoms with Gasteiger partial charge in [-0.2, -0.15) is 5.26 Å². The van der Waals surface area contributed by atoms with Crippen LogP contribution in [0.25, 0.3) is 6.08 Å². The third kappa shape index (κ3) is 7.03. The van der Waals surface area contributed by atoms with E-state index >= 15 is 0 Å². The fourth-order valence-corrected chi connectivity index (χ4v) is 2.14. The van der Waals surface area contributed by atoms with Gasteiger partial charge in [0.1, 0.15) is 11.8 Å². The number of anilines is 1. The van der Waals surface area contributed by atoms with Crippen LogP contribution in [0, 0.1) is 11.3 Å². The van der Waals surface area contributed by atoms with Gasteiger partial charge in [0.25, 0.3) is 5.91 Å². The van der Waals surface area contributed by atoms with Crippen LogP contribution in [0.1, 0.15) is 18.1 Å². The van der Waals surface area contributed by atoms with Crippen molar-refractivity contribution in [2.75, 3.05) is 5.32 Å². The summed E-state index contributed by atoms with van der Waals surface area (Å²) in [5, 5.41) is 11.5. The number of nitrogens with zero attached hydrogens (tertiary/aromatic N) is 1. The molecule has 0 aliphatic heterocycles. The van der Waals surface area contributed by atoms with E-state index in [9.17, 15) is 22.8 Å². The molecule has 0 fully saturated rings. The molecule has 6 nitrogen and oxygen atoms in total. The maximum atomic E-state index is 12.1. The number of ether oxygens (including phenoxy) is 2. The molecular weight excluding hydrogens is 389 g/mol. The monoisotopic (exact) mass is 404 g/mol. The van der Waals surface area contributed by atoms with Crippen molar-refractivity contribution >= 4 is 23.6 Å². The van der Waals surface area contributed by atoms with Gasteiger partial charge in [0, 0.05) is 6.08 Å². The molecule has 0 aromatic heterocycles. The lowest BCUT2D eigenvalue weighted by molar-refractivity contribution is -0.274. The van der Waals surface area contributed by atoms with Gasteiger partial charge < -0.3 is 14.8 Å². The number of nitrogens with one attached hydrogen (secondary N) is 1. The largest absolute Gasteiger partial charge is 0.573 e. The Balaban J connectivity index is 1.91. The highest BCUT2D eigenvalue weighted by molar-refractivity contribution is 5.97. The van der Waals surface area contributed by atoms with E-state index in [0.29, 0.717) is 11.3 Å². The molecule has 0 aliphatic rings. The normalized spacial score (nSPS) is 12.1. The van der Waals surface area contributed by atoms with E-state index in [1.807, 2.05) is 6.07 Å². The lowest BCUT2D eigenvalue weighted by Crippen LogP contribution is -2.29. The van der Waals surface area contributed by atoms with Crippen LogP contribution in [-0.4, -0.2) is 24.3 Å². The summed E-state index contributed by atoms with van der Waals surface area (Å²) in [5.74, 6) is -1.83. The fraction of sp³-hybridized carbons (Fsp3) is 0.150. The van der Waals surface area contributed by atoms with Crippen molar-refractivity contribution in [1.82, 2.24) is 0 Å². The summed E-state index contributed by atoms with van der Waals surface area (Å²) in [6.45, 7) is 1.36. The summed E-state index contributed by atoms with van der Waals surface area (Å²) in [4.78, 5) is 24.0. The summed E-state index contributed by atoms with van der Waals surface area (Å²) in [7, 11) is 0. The van der Waals surface area contributed by atoms with Crippen LogP contribution < -0.4 is 10.1 Å². The minimum atomic E-state index is -4.79. The van der Waals surface area contributed by atoms with Gasteiger partial charge in [-0.15, -0.1) is 13.2 Å². The Kier molecular flexibility index (Phi) is 6.98. The number of esters is 1. The Labute approximate surface area is 164 Å². The summed E-state index contributed by atoms with van der Waals surface area (Å²) >= 11 is 0. The number of halogens is 3. The Morgan fingerprint density at radius 1 is 1.14 bits per heavy atom. The first-order valence-electron chi connectivity index (χ1n) is 8.22. The zero-order valence-electron chi connectivity index (χ0n) is 15.1. The fourth-order valence-electron chi connectivity index (χ4n) is 2.14. The molecule has 0 spiro atoms. The molecule has 0 bridgehead atoms. The molecule has 0 saturated carbocycles. The predicted octanol–water partition coefficient (Wildman–Crippen LogP) is 4.04. The van der Waals surface area contributed by atoms with E-state index < -0.39 is 24.3 Å². The topological polar surface area (TPSA) is 88.4 Å². The van der Waals surface area contributed by atoms with Crippen LogP contribution in [0.2, 0.25) is 0 Å². The number of alkyl halides is 3. The second-order valence-electron chi connectivity index (χ2n) is 5.68. The van der Waals surface area contributed by atoms with Crippen LogP contribution in [0.3, 0.4) is 0 Å². The second kappa shape index (κ2) is 9.41. The Morgan fingerprint density at radius 2 is 1.79 bits per heavy atom. The van der Waals surface area contributed by atoms with Crippen LogP contribution in [-0.2, 0) is 14.3 Å². The minimum Gasteiger partial charge on any atom is -0.449 e. The van der Waals surface area contributed by atoms with Gasteiger partial charge in [-0.25, -0.2) is 4.79 Å². The summed E-state index contributed by atoms with van der Waals surface area (Å²) in [6.07, 6.45) is -3.57. The van der Waals surface area contributed by atoms with Gasteiger partial charge in [0.2, 0.25) is 0 Å². The zero-order valence-corrected chi connectivity index (χ0v) is 15.1. The molecule has 9 heteroatoms. The molecule has 1 N–H and O–H groups in total. The Bertz CT molecular complexity index is 947. The number of hydrogen-bond donors (Lipinski definition) is 1. The molecule has 1 amide bonds. The maximum Gasteiger partial charge on any atom is 0.573 e. The van der Waals surface area contributed by atoms with E-state index in [-0.39, 0.29) is 11.3 Å². The number of hydrogen-bond acceptors (Lipinski definition) is 5. The Morgan fingerprint density at radius 3 is 2.41 bits per heavy atom. The van der Waals surface area contributed by atoms with Gasteiger partial charge in [0.15, 0.2) is 6.10 Å². The average Bonchev–Trinajstić information content (AvgIpc) is 2.66. The lowest BCUT2D eigenvalue weighted by Gasteiger charge is -2.13. The number of amides is 1. The standard InChI is InChI=1S/C20H15F3N2O4/c1-13(19(27)25-17-5-3-2-4-15(17)12-24)28-18(26)11-8-14-6-9-16(10-7-14)29-20(21,22)23/h2-11,13H,1H3,(H,25,27)/b11-8+/t13-/m1/s1. The molecule has 0 heterocycles. The van der Waals surface area contributed by atoms with Crippen LogP contribution >= 0.6 is 0 Å². The number of rotatable bonds is 6. The molecule has 1 atom stereocenters. The van der Waals surface area contributed by atoms with E-state index in [1.165, 1.54) is 37.3 Å². The van der Waals surface area contributed by atoms with E-state index in [4.69, 9.17) is 10.00 Å². The van der Waals surface area contributed by atoms with E-state index in [1.54, 1.807) is 12.1 Å². The van der Waals surface area contributed by atoms with Crippen molar-refractivity contribution in [2.45, 2.75) is 19.4 Å². The van der Waals surface area contributed by atoms with Gasteiger partial charge >= 0.3 is 12.3 Å². The molecule has 150 valence electrons. The number of para-hydroxylation sites is 1. The third-order valence-electron chi connectivity index (χ3n) is 3.49. The molecule has 0 unspecified atom stereocenters. The van der Waals surface area contributed by atoms with Crippen LogP contribution in [0.4, 0.5) is 18.9 Å². The summed E-state index contributed by atoms with van der Waals surface area (Å²) in [6, 6.07) is 13.1. The molecule has 0 aliphatic carbocycles. The third-order valence-corrected chi connectivity index (χ3v) is 3.49. The first-order chi connectivity index (χ1) is 13.7. The van der Waals surface area contributed by atoms with Crippen LogP contribution in [0.15, 0.2) is 54.6 Å². The van der Waals surface area contributed by atoms with E-state index in [2.05, 4.69) is 10.1 Å². The van der Waals surface area contributed by atoms with Crippen LogP contribution in [0.5, 0.6) is 5.75 Å². The smallest absolute Gasteiger partial charge is 0.449 e. The van der Waals surface area contributed by atoms with Crippen molar-refractivity contribution in [1.29, 1.82) is 5.26 Å². The van der Waals surface area contributed by atoms with Gasteiger partial charge in [-0.3, -0.25) is 4.79 Å². The van der Waals surface area contributed by atoms with Crippen molar-refractivity contribution in [3.05, 3.63) is 65.7 Å². The number of carbonyl (C=O) groups excluding carboxylic acids is 2. The summed E-state index contributed by atoms with van der Waals surface area (Å²) < 4.78 is 45.1. The highest BCUT2D eigenvalue weighted by Crippen LogP contribution is 2.23. The van der Waals surface area contributed by atoms with Gasteiger partial charge in [-0.05, 0) is 42.8 Å². The van der Waals surface area contributed by atoms with Crippen molar-refractivity contribution in [3.63, 3.8) is 0 Å². The second-order valence-corrected chi connectivity index (χ2v) is 5.68. The molecule has 0 radical (unpaired) electrons. The highest BCUT2D eigenvalue weighted by Gasteiger charge is 2.30. The molecule has 2 aromatic carbocycles. The summed E-state index contributed by atoms with van der Waals surface area (Å²) in [5.41, 5.74) is 0.980. The molecule has 2 rings (SSSR count). The first kappa shape index (κ1) is 21.5. The Hall–Kier alpha value is -3.80. The zero-order chi connectivity index (χ0) is 21.4. The average molecular weight is 404 g/mol. The molecular formula is C20H15F3N2O4. The molecule has 0 saturated heterocycles. The highest BCUT2D eigenvalue weighted by atomic mass is 19.4. The quantitative estimate of drug-likeness (QED) is 0.580. The van der Waals surface area contributed by atoms with Crippen molar-refractivity contribution in [3.8, 4) is 11.8 Å².